The van der Waals surface area contributed by atoms with Crippen LogP contribution in [0.3, 0.4) is 0 Å². The highest BCUT2D eigenvalue weighted by molar-refractivity contribution is 5.74. The first-order valence-corrected chi connectivity index (χ1v) is 5.04. The molecule has 2 aromatic rings. The summed E-state index contributed by atoms with van der Waals surface area (Å²) in [6.07, 6.45) is 0.961. The Morgan fingerprint density at radius 2 is 2.21 bits per heavy atom. The van der Waals surface area contributed by atoms with E-state index in [4.69, 9.17) is 0 Å². The zero-order chi connectivity index (χ0) is 9.80. The average molecular weight is 189 g/mol. The Kier molecular flexibility index (Phi) is 2.79. The maximum atomic E-state index is 4.49. The van der Waals surface area contributed by atoms with E-state index in [0.717, 1.165) is 36.4 Å². The standard InChI is InChI=1S/C11H15N3/c1-2-12-8-7-11-13-9-5-3-4-6-10(9)14-11/h3-6,12H,2,7-8H2,1H3,(H,13,14). The molecular formula is C11H15N3. The van der Waals surface area contributed by atoms with Gasteiger partial charge >= 0.3 is 0 Å². The zero-order valence-electron chi connectivity index (χ0n) is 8.38. The van der Waals surface area contributed by atoms with E-state index in [2.05, 4.69) is 28.3 Å². The summed E-state index contributed by atoms with van der Waals surface area (Å²) in [6, 6.07) is 8.12. The Balaban J connectivity index is 2.11. The van der Waals surface area contributed by atoms with Gasteiger partial charge in [0.15, 0.2) is 0 Å². The molecule has 0 aliphatic rings. The lowest BCUT2D eigenvalue weighted by Crippen LogP contribution is -2.16. The predicted octanol–water partition coefficient (Wildman–Crippen LogP) is 1.71. The van der Waals surface area contributed by atoms with Gasteiger partial charge in [0.25, 0.3) is 0 Å². The van der Waals surface area contributed by atoms with E-state index in [9.17, 15) is 0 Å². The van der Waals surface area contributed by atoms with E-state index in [-0.39, 0.29) is 0 Å². The normalized spacial score (nSPS) is 10.9. The minimum Gasteiger partial charge on any atom is -0.342 e. The van der Waals surface area contributed by atoms with Crippen molar-refractivity contribution in [3.63, 3.8) is 0 Å². The number of benzene rings is 1. The molecule has 0 saturated carbocycles. The monoisotopic (exact) mass is 189 g/mol. The van der Waals surface area contributed by atoms with Gasteiger partial charge in [0.1, 0.15) is 5.82 Å². The van der Waals surface area contributed by atoms with Crippen molar-refractivity contribution in [3.8, 4) is 0 Å². The molecule has 0 spiro atoms. The van der Waals surface area contributed by atoms with Gasteiger partial charge in [0, 0.05) is 13.0 Å². The lowest BCUT2D eigenvalue weighted by Gasteiger charge is -1.96. The van der Waals surface area contributed by atoms with Crippen molar-refractivity contribution in [2.24, 2.45) is 0 Å². The molecule has 0 amide bonds. The maximum Gasteiger partial charge on any atom is 0.108 e. The average Bonchev–Trinajstić information content (AvgIpc) is 2.60. The van der Waals surface area contributed by atoms with Crippen LogP contribution in [0.2, 0.25) is 0 Å². The lowest BCUT2D eigenvalue weighted by molar-refractivity contribution is 0.702. The third kappa shape index (κ3) is 1.93. The summed E-state index contributed by atoms with van der Waals surface area (Å²) in [5.41, 5.74) is 2.18. The lowest BCUT2D eigenvalue weighted by atomic mass is 10.3. The minimum absolute atomic E-state index is 0.961. The molecule has 3 heteroatoms. The summed E-state index contributed by atoms with van der Waals surface area (Å²) >= 11 is 0. The van der Waals surface area contributed by atoms with Gasteiger partial charge < -0.3 is 10.3 Å². The summed E-state index contributed by atoms with van der Waals surface area (Å²) in [7, 11) is 0. The van der Waals surface area contributed by atoms with Crippen molar-refractivity contribution in [3.05, 3.63) is 30.1 Å². The maximum absolute atomic E-state index is 4.49. The van der Waals surface area contributed by atoms with Crippen molar-refractivity contribution in [2.45, 2.75) is 13.3 Å². The zero-order valence-corrected chi connectivity index (χ0v) is 8.38. The Labute approximate surface area is 83.6 Å². The number of aromatic nitrogens is 2. The summed E-state index contributed by atoms with van der Waals surface area (Å²) in [4.78, 5) is 7.79. The van der Waals surface area contributed by atoms with Crippen molar-refractivity contribution < 1.29 is 0 Å². The fourth-order valence-electron chi connectivity index (χ4n) is 1.51. The van der Waals surface area contributed by atoms with Crippen LogP contribution in [0.5, 0.6) is 0 Å². The van der Waals surface area contributed by atoms with E-state index in [1.54, 1.807) is 0 Å². The van der Waals surface area contributed by atoms with Crippen LogP contribution in [0.25, 0.3) is 11.0 Å². The van der Waals surface area contributed by atoms with Crippen molar-refractivity contribution in [1.29, 1.82) is 0 Å². The van der Waals surface area contributed by atoms with Crippen molar-refractivity contribution >= 4 is 11.0 Å². The first-order valence-electron chi connectivity index (χ1n) is 5.04. The highest BCUT2D eigenvalue weighted by atomic mass is 14.9. The second-order valence-electron chi connectivity index (χ2n) is 3.30. The van der Waals surface area contributed by atoms with Crippen LogP contribution in [-0.4, -0.2) is 23.1 Å². The number of imidazole rings is 1. The van der Waals surface area contributed by atoms with Gasteiger partial charge in [-0.1, -0.05) is 19.1 Å². The summed E-state index contributed by atoms with van der Waals surface area (Å²) in [6.45, 7) is 4.11. The van der Waals surface area contributed by atoms with Crippen LogP contribution in [-0.2, 0) is 6.42 Å². The van der Waals surface area contributed by atoms with Crippen LogP contribution in [0.15, 0.2) is 24.3 Å². The molecule has 1 aromatic carbocycles. The molecule has 0 aliphatic carbocycles. The summed E-state index contributed by atoms with van der Waals surface area (Å²) in [5.74, 6) is 1.06. The Bertz CT molecular complexity index is 373. The summed E-state index contributed by atoms with van der Waals surface area (Å²) in [5, 5.41) is 3.28. The highest BCUT2D eigenvalue weighted by Crippen LogP contribution is 2.09. The van der Waals surface area contributed by atoms with Crippen molar-refractivity contribution in [2.75, 3.05) is 13.1 Å². The molecule has 3 nitrogen and oxygen atoms in total. The SMILES string of the molecule is CCNCCc1nc2ccccc2[nH]1. The topological polar surface area (TPSA) is 40.7 Å². The number of hydrogen-bond donors (Lipinski definition) is 2. The van der Waals surface area contributed by atoms with Gasteiger partial charge in [-0.25, -0.2) is 4.98 Å². The number of nitrogens with one attached hydrogen (secondary N) is 2. The molecule has 74 valence electrons. The number of likely N-dealkylation sites (N-methyl/N-ethyl adjacent to an activating group) is 1. The second-order valence-corrected chi connectivity index (χ2v) is 3.30. The van der Waals surface area contributed by atoms with E-state index in [0.29, 0.717) is 0 Å². The van der Waals surface area contributed by atoms with Crippen LogP contribution in [0.1, 0.15) is 12.7 Å². The fourth-order valence-corrected chi connectivity index (χ4v) is 1.51. The molecule has 2 rings (SSSR count). The second kappa shape index (κ2) is 4.24. The van der Waals surface area contributed by atoms with Gasteiger partial charge in [-0.3, -0.25) is 0 Å². The molecule has 0 saturated heterocycles. The molecule has 0 radical (unpaired) electrons. The van der Waals surface area contributed by atoms with Gasteiger partial charge in [-0.15, -0.1) is 0 Å². The van der Waals surface area contributed by atoms with Crippen LogP contribution in [0, 0.1) is 0 Å². The number of para-hydroxylation sites is 2. The first kappa shape index (κ1) is 9.21. The number of hydrogen-bond acceptors (Lipinski definition) is 2. The van der Waals surface area contributed by atoms with Gasteiger partial charge in [-0.2, -0.15) is 0 Å². The van der Waals surface area contributed by atoms with Crippen LogP contribution in [0.4, 0.5) is 0 Å². The van der Waals surface area contributed by atoms with Gasteiger partial charge in [-0.05, 0) is 18.7 Å². The van der Waals surface area contributed by atoms with E-state index < -0.39 is 0 Å². The quantitative estimate of drug-likeness (QED) is 0.719. The third-order valence-electron chi connectivity index (χ3n) is 2.23. The molecule has 0 bridgehead atoms. The van der Waals surface area contributed by atoms with Crippen LogP contribution < -0.4 is 5.32 Å². The molecule has 0 unspecified atom stereocenters. The molecule has 0 fully saturated rings. The number of nitrogens with zero attached hydrogens (tertiary/aromatic N) is 1. The fraction of sp³-hybridized carbons (Fsp3) is 0.364. The van der Waals surface area contributed by atoms with E-state index in [1.807, 2.05) is 18.2 Å². The first-order chi connectivity index (χ1) is 6.90. The molecule has 1 aromatic heterocycles. The molecule has 1 heterocycles. The van der Waals surface area contributed by atoms with E-state index in [1.165, 1.54) is 0 Å². The molecule has 2 N–H and O–H groups in total. The van der Waals surface area contributed by atoms with Crippen molar-refractivity contribution in [1.82, 2.24) is 15.3 Å². The van der Waals surface area contributed by atoms with E-state index >= 15 is 0 Å². The number of aromatic amines is 1. The largest absolute Gasteiger partial charge is 0.342 e. The molecule has 0 aliphatic heterocycles. The number of H-pyrrole nitrogens is 1. The predicted molar refractivity (Wildman–Crippen MR) is 58.3 cm³/mol. The van der Waals surface area contributed by atoms with Gasteiger partial charge in [0.2, 0.25) is 0 Å². The highest BCUT2D eigenvalue weighted by Gasteiger charge is 2.00. The number of rotatable bonds is 4. The van der Waals surface area contributed by atoms with Gasteiger partial charge in [0.05, 0.1) is 11.0 Å². The smallest absolute Gasteiger partial charge is 0.108 e. The Morgan fingerprint density at radius 3 is 3.00 bits per heavy atom. The third-order valence-corrected chi connectivity index (χ3v) is 2.23. The molecule has 0 atom stereocenters. The minimum atomic E-state index is 0.961. The molecular weight excluding hydrogens is 174 g/mol. The number of fused-ring (bicyclic) bond motifs is 1. The van der Waals surface area contributed by atoms with Crippen LogP contribution >= 0.6 is 0 Å². The Hall–Kier alpha value is -1.35. The Morgan fingerprint density at radius 1 is 1.36 bits per heavy atom. The summed E-state index contributed by atoms with van der Waals surface area (Å²) < 4.78 is 0. The molecule has 14 heavy (non-hydrogen) atoms.